The topological polar surface area (TPSA) is 92.8 Å². The van der Waals surface area contributed by atoms with Crippen molar-refractivity contribution in [2.45, 2.75) is 19.4 Å². The van der Waals surface area contributed by atoms with Gasteiger partial charge in [0, 0.05) is 5.02 Å². The molecule has 28 heavy (non-hydrogen) atoms. The summed E-state index contributed by atoms with van der Waals surface area (Å²) in [5.41, 5.74) is 0.725. The summed E-state index contributed by atoms with van der Waals surface area (Å²) in [7, 11) is -2.53. The van der Waals surface area contributed by atoms with Crippen molar-refractivity contribution in [3.8, 4) is 0 Å². The molecule has 0 aliphatic carbocycles. The zero-order valence-corrected chi connectivity index (χ0v) is 17.3. The van der Waals surface area contributed by atoms with Crippen LogP contribution in [0.1, 0.15) is 23.7 Å². The minimum absolute atomic E-state index is 0.172. The van der Waals surface area contributed by atoms with Crippen LogP contribution in [0.3, 0.4) is 0 Å². The Balaban J connectivity index is 2.41. The number of anilines is 2. The third-order valence-corrected chi connectivity index (χ3v) is 5.43. The zero-order valence-electron chi connectivity index (χ0n) is 15.7. The SMILES string of the molecule is CCC(C(=O)Nc1ccccc1C(=O)OC)N(c1ccc(Cl)cc1)S(C)(=O)=O. The van der Waals surface area contributed by atoms with Crippen LogP contribution in [-0.4, -0.2) is 39.7 Å². The predicted molar refractivity (Wildman–Crippen MR) is 109 cm³/mol. The van der Waals surface area contributed by atoms with E-state index in [0.717, 1.165) is 10.6 Å². The Kier molecular flexibility index (Phi) is 7.04. The fraction of sp³-hybridized carbons (Fsp3) is 0.263. The van der Waals surface area contributed by atoms with Gasteiger partial charge in [0.15, 0.2) is 0 Å². The summed E-state index contributed by atoms with van der Waals surface area (Å²) in [6.45, 7) is 1.70. The molecule has 0 radical (unpaired) electrons. The Hall–Kier alpha value is -2.58. The summed E-state index contributed by atoms with van der Waals surface area (Å²) in [4.78, 5) is 24.8. The van der Waals surface area contributed by atoms with Crippen molar-refractivity contribution in [1.82, 2.24) is 0 Å². The molecule has 2 rings (SSSR count). The molecule has 1 atom stereocenters. The number of halogens is 1. The number of carbonyl (C=O) groups excluding carboxylic acids is 2. The van der Waals surface area contributed by atoms with Crippen molar-refractivity contribution in [2.24, 2.45) is 0 Å². The molecule has 2 aromatic carbocycles. The number of amides is 1. The van der Waals surface area contributed by atoms with E-state index in [4.69, 9.17) is 16.3 Å². The summed E-state index contributed by atoms with van der Waals surface area (Å²) in [6.07, 6.45) is 1.24. The molecule has 1 unspecified atom stereocenters. The van der Waals surface area contributed by atoms with E-state index >= 15 is 0 Å². The molecule has 0 aromatic heterocycles. The number of sulfonamides is 1. The van der Waals surface area contributed by atoms with Crippen LogP contribution >= 0.6 is 11.6 Å². The first-order valence-corrected chi connectivity index (χ1v) is 10.6. The van der Waals surface area contributed by atoms with Crippen LogP contribution in [0, 0.1) is 0 Å². The fourth-order valence-electron chi connectivity index (χ4n) is 2.74. The van der Waals surface area contributed by atoms with Crippen molar-refractivity contribution in [2.75, 3.05) is 23.0 Å². The second kappa shape index (κ2) is 9.07. The first-order chi connectivity index (χ1) is 13.2. The molecule has 0 heterocycles. The smallest absolute Gasteiger partial charge is 0.339 e. The highest BCUT2D eigenvalue weighted by Crippen LogP contribution is 2.25. The molecule has 0 fully saturated rings. The molecule has 0 saturated carbocycles. The van der Waals surface area contributed by atoms with Crippen LogP contribution in [-0.2, 0) is 19.6 Å². The van der Waals surface area contributed by atoms with E-state index in [-0.39, 0.29) is 17.7 Å². The lowest BCUT2D eigenvalue weighted by molar-refractivity contribution is -0.117. The van der Waals surface area contributed by atoms with Gasteiger partial charge in [-0.3, -0.25) is 9.10 Å². The molecule has 9 heteroatoms. The molecule has 1 amide bonds. The standard InChI is InChI=1S/C19H21ClN2O5S/c1-4-17(22(28(3,25)26)14-11-9-13(20)10-12-14)18(23)21-16-8-6-5-7-15(16)19(24)27-2/h5-12,17H,4H2,1-3H3,(H,21,23). The van der Waals surface area contributed by atoms with E-state index in [1.807, 2.05) is 0 Å². The van der Waals surface area contributed by atoms with E-state index in [1.165, 1.54) is 25.3 Å². The highest BCUT2D eigenvalue weighted by molar-refractivity contribution is 7.92. The third-order valence-electron chi connectivity index (χ3n) is 4.00. The number of carbonyl (C=O) groups is 2. The van der Waals surface area contributed by atoms with Gasteiger partial charge in [0.05, 0.1) is 30.3 Å². The van der Waals surface area contributed by atoms with Gasteiger partial charge in [-0.1, -0.05) is 30.7 Å². The van der Waals surface area contributed by atoms with Crippen LogP contribution in [0.2, 0.25) is 5.02 Å². The monoisotopic (exact) mass is 424 g/mol. The number of hydrogen-bond donors (Lipinski definition) is 1. The lowest BCUT2D eigenvalue weighted by Gasteiger charge is -2.30. The highest BCUT2D eigenvalue weighted by Gasteiger charge is 2.32. The first-order valence-electron chi connectivity index (χ1n) is 8.42. The van der Waals surface area contributed by atoms with Crippen molar-refractivity contribution in [1.29, 1.82) is 0 Å². The quantitative estimate of drug-likeness (QED) is 0.688. The maximum atomic E-state index is 12.9. The Morgan fingerprint density at radius 1 is 1.14 bits per heavy atom. The van der Waals surface area contributed by atoms with Gasteiger partial charge in [-0.15, -0.1) is 0 Å². The molecule has 0 aliphatic rings. The van der Waals surface area contributed by atoms with Gasteiger partial charge in [-0.05, 0) is 42.8 Å². The number of methoxy groups -OCH3 is 1. The Labute approximate surface area is 169 Å². The molecule has 0 spiro atoms. The number of esters is 1. The minimum Gasteiger partial charge on any atom is -0.465 e. The van der Waals surface area contributed by atoms with Crippen LogP contribution in [0.4, 0.5) is 11.4 Å². The van der Waals surface area contributed by atoms with E-state index in [1.54, 1.807) is 37.3 Å². The van der Waals surface area contributed by atoms with E-state index in [2.05, 4.69) is 5.32 Å². The van der Waals surface area contributed by atoms with Crippen LogP contribution in [0.5, 0.6) is 0 Å². The molecule has 0 bridgehead atoms. The second-order valence-electron chi connectivity index (χ2n) is 5.99. The number of ether oxygens (including phenoxy) is 1. The Morgan fingerprint density at radius 2 is 1.75 bits per heavy atom. The average molecular weight is 425 g/mol. The minimum atomic E-state index is -3.77. The van der Waals surface area contributed by atoms with Crippen molar-refractivity contribution in [3.05, 3.63) is 59.1 Å². The van der Waals surface area contributed by atoms with Gasteiger partial charge in [0.25, 0.3) is 0 Å². The van der Waals surface area contributed by atoms with Crippen LogP contribution in [0.15, 0.2) is 48.5 Å². The summed E-state index contributed by atoms with van der Waals surface area (Å²) < 4.78 is 30.6. The third kappa shape index (κ3) is 5.02. The fourth-order valence-corrected chi connectivity index (χ4v) is 4.08. The summed E-state index contributed by atoms with van der Waals surface area (Å²) in [5, 5.41) is 3.08. The van der Waals surface area contributed by atoms with E-state index < -0.39 is 27.9 Å². The second-order valence-corrected chi connectivity index (χ2v) is 8.28. The molecule has 0 aliphatic heterocycles. The number of para-hydroxylation sites is 1. The van der Waals surface area contributed by atoms with E-state index in [0.29, 0.717) is 10.7 Å². The average Bonchev–Trinajstić information content (AvgIpc) is 2.65. The van der Waals surface area contributed by atoms with Gasteiger partial charge in [0.1, 0.15) is 6.04 Å². The van der Waals surface area contributed by atoms with Crippen LogP contribution < -0.4 is 9.62 Å². The number of benzene rings is 2. The lowest BCUT2D eigenvalue weighted by Crippen LogP contribution is -2.47. The summed E-state index contributed by atoms with van der Waals surface area (Å²) in [5.74, 6) is -1.18. The van der Waals surface area contributed by atoms with Crippen LogP contribution in [0.25, 0.3) is 0 Å². The number of rotatable bonds is 7. The molecule has 2 aromatic rings. The molecule has 1 N–H and O–H groups in total. The molecule has 7 nitrogen and oxygen atoms in total. The summed E-state index contributed by atoms with van der Waals surface area (Å²) >= 11 is 5.88. The Morgan fingerprint density at radius 3 is 2.29 bits per heavy atom. The summed E-state index contributed by atoms with van der Waals surface area (Å²) in [6, 6.07) is 11.5. The number of nitrogens with one attached hydrogen (secondary N) is 1. The largest absolute Gasteiger partial charge is 0.465 e. The normalized spacial score (nSPS) is 12.1. The van der Waals surface area contributed by atoms with Gasteiger partial charge in [-0.25, -0.2) is 13.2 Å². The van der Waals surface area contributed by atoms with E-state index in [9.17, 15) is 18.0 Å². The van der Waals surface area contributed by atoms with Gasteiger partial charge in [0.2, 0.25) is 15.9 Å². The van der Waals surface area contributed by atoms with Crippen molar-refractivity contribution >= 4 is 44.9 Å². The number of hydrogen-bond acceptors (Lipinski definition) is 5. The molecular formula is C19H21ClN2O5S. The maximum absolute atomic E-state index is 12.9. The van der Waals surface area contributed by atoms with Gasteiger partial charge in [-0.2, -0.15) is 0 Å². The van der Waals surface area contributed by atoms with Crippen molar-refractivity contribution < 1.29 is 22.7 Å². The predicted octanol–water partition coefficient (Wildman–Crippen LogP) is 3.31. The zero-order chi connectivity index (χ0) is 20.9. The molecule has 0 saturated heterocycles. The highest BCUT2D eigenvalue weighted by atomic mass is 35.5. The molecular weight excluding hydrogens is 404 g/mol. The van der Waals surface area contributed by atoms with Gasteiger partial charge < -0.3 is 10.1 Å². The van der Waals surface area contributed by atoms with Crippen molar-refractivity contribution in [3.63, 3.8) is 0 Å². The first kappa shape index (κ1) is 21.7. The maximum Gasteiger partial charge on any atom is 0.339 e. The number of nitrogens with zero attached hydrogens (tertiary/aromatic N) is 1. The molecule has 150 valence electrons. The van der Waals surface area contributed by atoms with Gasteiger partial charge >= 0.3 is 5.97 Å². The lowest BCUT2D eigenvalue weighted by atomic mass is 10.1. The Bertz CT molecular complexity index is 961.